The van der Waals surface area contributed by atoms with Crippen molar-refractivity contribution >= 4 is 47.0 Å². The Balaban J connectivity index is 1.62. The van der Waals surface area contributed by atoms with Crippen molar-refractivity contribution in [1.82, 2.24) is 16.0 Å². The lowest BCUT2D eigenvalue weighted by Crippen LogP contribution is -2.41. The van der Waals surface area contributed by atoms with E-state index in [1.807, 2.05) is 0 Å². The number of nitrogens with one attached hydrogen (secondary N) is 3. The maximum absolute atomic E-state index is 12.5. The lowest BCUT2D eigenvalue weighted by atomic mass is 10.0. The van der Waals surface area contributed by atoms with Gasteiger partial charge in [-0.1, -0.05) is 29.3 Å². The molecular weight excluding hydrogens is 503 g/mol. The number of carboxylic acids is 1. The third-order valence-corrected chi connectivity index (χ3v) is 5.31. The van der Waals surface area contributed by atoms with Crippen molar-refractivity contribution in [2.45, 2.75) is 18.6 Å². The third-order valence-electron chi connectivity index (χ3n) is 4.80. The Bertz CT molecular complexity index is 1160. The maximum atomic E-state index is 12.5. The predicted molar refractivity (Wildman–Crippen MR) is 127 cm³/mol. The van der Waals surface area contributed by atoms with Gasteiger partial charge in [0.1, 0.15) is 11.5 Å². The highest BCUT2D eigenvalue weighted by atomic mass is 35.5. The molecule has 11 nitrogen and oxygen atoms in total. The average Bonchev–Trinajstić information content (AvgIpc) is 2.81. The SMILES string of the molecule is O=C(O)CC(NC(=O)CNC(=O)c1cccc(OC2=NCC(O)CN2)c1)c1cc(Cl)cc(Cl)c1O. The number of aliphatic carboxylic acids is 1. The highest BCUT2D eigenvalue weighted by Gasteiger charge is 2.23. The van der Waals surface area contributed by atoms with Crippen LogP contribution in [0.3, 0.4) is 0 Å². The molecule has 3 rings (SSSR count). The average molecular weight is 525 g/mol. The van der Waals surface area contributed by atoms with Gasteiger partial charge in [0.25, 0.3) is 11.9 Å². The number of rotatable bonds is 8. The molecule has 186 valence electrons. The fourth-order valence-corrected chi connectivity index (χ4v) is 3.68. The molecule has 1 aliphatic rings. The number of aliphatic imine (C=N–C) groups is 1. The van der Waals surface area contributed by atoms with E-state index >= 15 is 0 Å². The van der Waals surface area contributed by atoms with Crippen molar-refractivity contribution in [1.29, 1.82) is 0 Å². The summed E-state index contributed by atoms with van der Waals surface area (Å²) in [4.78, 5) is 40.3. The minimum absolute atomic E-state index is 0.0289. The normalized spacial score (nSPS) is 15.9. The zero-order chi connectivity index (χ0) is 25.5. The molecule has 0 aromatic heterocycles. The molecule has 0 aliphatic carbocycles. The summed E-state index contributed by atoms with van der Waals surface area (Å²) in [5.41, 5.74) is 0.231. The van der Waals surface area contributed by atoms with Crippen molar-refractivity contribution in [3.63, 3.8) is 0 Å². The number of hydrogen-bond acceptors (Lipinski definition) is 8. The first-order valence-corrected chi connectivity index (χ1v) is 11.1. The summed E-state index contributed by atoms with van der Waals surface area (Å²) in [6.45, 7) is 0.0110. The van der Waals surface area contributed by atoms with Crippen LogP contribution in [0.4, 0.5) is 0 Å². The van der Waals surface area contributed by atoms with E-state index in [0.717, 1.165) is 0 Å². The second kappa shape index (κ2) is 11.7. The molecule has 13 heteroatoms. The standard InChI is InChI=1S/C22H22Cl2N4O7/c23-12-5-15(20(33)16(24)6-12)17(7-19(31)32)28-18(30)10-25-21(34)11-2-1-3-14(4-11)35-22-26-8-13(29)9-27-22/h1-6,13,17,29,33H,7-10H2,(H,25,34)(H,26,27)(H,28,30)(H,31,32). The number of aliphatic hydroxyl groups is 1. The summed E-state index contributed by atoms with van der Waals surface area (Å²) in [5, 5.41) is 36.6. The number of phenolic OH excluding ortho intramolecular Hbond substituents is 1. The molecule has 0 bridgehead atoms. The first-order chi connectivity index (χ1) is 16.6. The van der Waals surface area contributed by atoms with E-state index in [-0.39, 0.29) is 40.3 Å². The molecule has 35 heavy (non-hydrogen) atoms. The van der Waals surface area contributed by atoms with Crippen molar-refractivity contribution in [2.75, 3.05) is 19.6 Å². The van der Waals surface area contributed by atoms with E-state index in [1.165, 1.54) is 24.3 Å². The van der Waals surface area contributed by atoms with E-state index in [9.17, 15) is 29.7 Å². The van der Waals surface area contributed by atoms with Gasteiger partial charge in [-0.15, -0.1) is 0 Å². The van der Waals surface area contributed by atoms with Crippen LogP contribution in [-0.4, -0.2) is 64.9 Å². The quantitative estimate of drug-likeness (QED) is 0.301. The largest absolute Gasteiger partial charge is 0.506 e. The number of ether oxygens (including phenoxy) is 1. The Labute approximate surface area is 209 Å². The smallest absolute Gasteiger partial charge is 0.305 e. The fraction of sp³-hybridized carbons (Fsp3) is 0.273. The Morgan fingerprint density at radius 3 is 2.69 bits per heavy atom. The first kappa shape index (κ1) is 26.1. The van der Waals surface area contributed by atoms with E-state index in [2.05, 4.69) is 20.9 Å². The number of amides is 2. The number of carbonyl (C=O) groups is 3. The first-order valence-electron chi connectivity index (χ1n) is 10.3. The van der Waals surface area contributed by atoms with Gasteiger partial charge in [0.05, 0.1) is 36.7 Å². The zero-order valence-corrected chi connectivity index (χ0v) is 19.6. The molecule has 0 saturated heterocycles. The zero-order valence-electron chi connectivity index (χ0n) is 18.1. The molecule has 0 saturated carbocycles. The number of amidine groups is 1. The molecule has 0 radical (unpaired) electrons. The number of aromatic hydroxyl groups is 1. The molecule has 2 atom stereocenters. The summed E-state index contributed by atoms with van der Waals surface area (Å²) in [5.74, 6) is -2.61. The maximum Gasteiger partial charge on any atom is 0.305 e. The number of nitrogens with zero attached hydrogens (tertiary/aromatic N) is 1. The van der Waals surface area contributed by atoms with Crippen molar-refractivity contribution in [2.24, 2.45) is 4.99 Å². The van der Waals surface area contributed by atoms with Crippen molar-refractivity contribution in [3.8, 4) is 11.5 Å². The molecule has 2 aromatic carbocycles. The lowest BCUT2D eigenvalue weighted by Gasteiger charge is -2.20. The van der Waals surface area contributed by atoms with Crippen LogP contribution in [0.2, 0.25) is 10.0 Å². The number of benzene rings is 2. The third kappa shape index (κ3) is 7.47. The molecular formula is C22H22Cl2N4O7. The van der Waals surface area contributed by atoms with Crippen LogP contribution in [-0.2, 0) is 9.59 Å². The second-order valence-corrected chi connectivity index (χ2v) is 8.38. The van der Waals surface area contributed by atoms with Crippen LogP contribution in [0.15, 0.2) is 41.4 Å². The van der Waals surface area contributed by atoms with Crippen molar-refractivity contribution < 1.29 is 34.4 Å². The van der Waals surface area contributed by atoms with Gasteiger partial charge in [0.15, 0.2) is 0 Å². The molecule has 0 fully saturated rings. The molecule has 1 aliphatic heterocycles. The summed E-state index contributed by atoms with van der Waals surface area (Å²) < 4.78 is 5.56. The summed E-state index contributed by atoms with van der Waals surface area (Å²) in [6.07, 6.45) is -1.15. The van der Waals surface area contributed by atoms with Gasteiger partial charge >= 0.3 is 5.97 Å². The summed E-state index contributed by atoms with van der Waals surface area (Å²) >= 11 is 11.8. The fourth-order valence-electron chi connectivity index (χ4n) is 3.17. The van der Waals surface area contributed by atoms with Crippen molar-refractivity contribution in [3.05, 3.63) is 57.6 Å². The molecule has 1 heterocycles. The number of carbonyl (C=O) groups excluding carboxylic acids is 2. The number of aliphatic hydroxyl groups excluding tert-OH is 1. The topological polar surface area (TPSA) is 170 Å². The summed E-state index contributed by atoms with van der Waals surface area (Å²) in [7, 11) is 0. The highest BCUT2D eigenvalue weighted by molar-refractivity contribution is 6.35. The highest BCUT2D eigenvalue weighted by Crippen LogP contribution is 2.36. The number of halogens is 2. The van der Waals surface area contributed by atoms with Gasteiger partial charge in [0.2, 0.25) is 5.91 Å². The Hall–Kier alpha value is -3.54. The van der Waals surface area contributed by atoms with Crippen LogP contribution < -0.4 is 20.7 Å². The van der Waals surface area contributed by atoms with Crippen LogP contribution in [0.25, 0.3) is 0 Å². The molecule has 2 aromatic rings. The number of β-amino-alcohol motifs (C(OH)–C–C–N with tert-alkyl or cyclic N) is 1. The van der Waals surface area contributed by atoms with Crippen LogP contribution in [0, 0.1) is 0 Å². The minimum Gasteiger partial charge on any atom is -0.506 e. The van der Waals surface area contributed by atoms with E-state index < -0.39 is 48.6 Å². The van der Waals surface area contributed by atoms with Crippen LogP contribution >= 0.6 is 23.2 Å². The summed E-state index contributed by atoms with van der Waals surface area (Å²) in [6, 6.07) is 7.79. The van der Waals surface area contributed by atoms with E-state index in [1.54, 1.807) is 12.1 Å². The molecule has 2 amide bonds. The number of carboxylic acid groups (broad SMARTS) is 1. The Morgan fingerprint density at radius 2 is 2.00 bits per heavy atom. The van der Waals surface area contributed by atoms with Gasteiger partial charge in [0, 0.05) is 22.7 Å². The van der Waals surface area contributed by atoms with E-state index in [0.29, 0.717) is 5.75 Å². The Kier molecular flexibility index (Phi) is 8.74. The van der Waals surface area contributed by atoms with Gasteiger partial charge < -0.3 is 36.0 Å². The van der Waals surface area contributed by atoms with Gasteiger partial charge in [-0.25, -0.2) is 4.99 Å². The van der Waals surface area contributed by atoms with Gasteiger partial charge in [-0.05, 0) is 30.3 Å². The monoisotopic (exact) mass is 524 g/mol. The lowest BCUT2D eigenvalue weighted by molar-refractivity contribution is -0.137. The van der Waals surface area contributed by atoms with Gasteiger partial charge in [-0.2, -0.15) is 0 Å². The number of phenols is 1. The second-order valence-electron chi connectivity index (χ2n) is 7.54. The predicted octanol–water partition coefficient (Wildman–Crippen LogP) is 1.46. The van der Waals surface area contributed by atoms with E-state index in [4.69, 9.17) is 27.9 Å². The minimum atomic E-state index is -1.24. The molecule has 6 N–H and O–H groups in total. The van der Waals surface area contributed by atoms with Gasteiger partial charge in [-0.3, -0.25) is 14.4 Å². The van der Waals surface area contributed by atoms with Crippen LogP contribution in [0.1, 0.15) is 28.4 Å². The Morgan fingerprint density at radius 1 is 1.23 bits per heavy atom. The van der Waals surface area contributed by atoms with Crippen LogP contribution in [0.5, 0.6) is 11.5 Å². The number of hydrogen-bond donors (Lipinski definition) is 6. The molecule has 2 unspecified atom stereocenters. The molecule has 0 spiro atoms.